The highest BCUT2D eigenvalue weighted by molar-refractivity contribution is 7.09. The normalized spacial score (nSPS) is 13.0. The molecule has 0 saturated carbocycles. The molecule has 1 aromatic heterocycles. The number of hydrogen-bond acceptors (Lipinski definition) is 4. The molecule has 33 heavy (non-hydrogen) atoms. The monoisotopic (exact) mass is 465 g/mol. The number of aliphatic hydroxyl groups is 1. The fourth-order valence-electron chi connectivity index (χ4n) is 3.77. The Morgan fingerprint density at radius 2 is 1.76 bits per heavy atom. The van der Waals surface area contributed by atoms with Crippen molar-refractivity contribution < 1.29 is 9.90 Å². The van der Waals surface area contributed by atoms with Gasteiger partial charge < -0.3 is 15.3 Å². The molecule has 3 rings (SSSR count). The van der Waals surface area contributed by atoms with Crippen LogP contribution in [0, 0.1) is 0 Å². The number of hydrogen-bond donors (Lipinski definition) is 2. The van der Waals surface area contributed by atoms with Gasteiger partial charge >= 0.3 is 6.03 Å². The second-order valence-electron chi connectivity index (χ2n) is 8.87. The zero-order chi connectivity index (χ0) is 23.6. The van der Waals surface area contributed by atoms with Crippen molar-refractivity contribution in [3.63, 3.8) is 0 Å². The van der Waals surface area contributed by atoms with Crippen molar-refractivity contribution in [2.45, 2.75) is 64.1 Å². The van der Waals surface area contributed by atoms with E-state index in [1.54, 1.807) is 23.3 Å². The Hall–Kier alpha value is -2.70. The number of aromatic nitrogens is 1. The van der Waals surface area contributed by atoms with Gasteiger partial charge in [0, 0.05) is 18.3 Å². The second-order valence-corrected chi connectivity index (χ2v) is 9.76. The van der Waals surface area contributed by atoms with Crippen LogP contribution in [-0.4, -0.2) is 34.2 Å². The Kier molecular flexibility index (Phi) is 9.46. The molecule has 0 radical (unpaired) electrons. The molecular formula is C27H35N3O2S. The maximum Gasteiger partial charge on any atom is 0.317 e. The van der Waals surface area contributed by atoms with E-state index in [9.17, 15) is 9.90 Å². The molecule has 0 spiro atoms. The van der Waals surface area contributed by atoms with Crippen LogP contribution in [0.4, 0.5) is 4.79 Å². The molecule has 0 aliphatic carbocycles. The van der Waals surface area contributed by atoms with Crippen LogP contribution in [0.3, 0.4) is 0 Å². The number of thiazole rings is 1. The SMILES string of the molecule is CC(C)c1nc(CN(C)C(=O)NC(CC(O)CCCc2ccccc2)c2ccccc2)cs1. The highest BCUT2D eigenvalue weighted by Gasteiger charge is 2.21. The highest BCUT2D eigenvalue weighted by Crippen LogP contribution is 2.22. The second kappa shape index (κ2) is 12.5. The van der Waals surface area contributed by atoms with E-state index < -0.39 is 6.10 Å². The summed E-state index contributed by atoms with van der Waals surface area (Å²) in [7, 11) is 1.78. The minimum atomic E-state index is -0.489. The van der Waals surface area contributed by atoms with Crippen LogP contribution >= 0.6 is 11.3 Å². The standard InChI is InChI=1S/C27H35N3O2S/c1-20(2)26-28-23(19-33-26)18-30(3)27(32)29-25(22-14-8-5-9-15-22)17-24(31)16-10-13-21-11-6-4-7-12-21/h4-9,11-12,14-15,19-20,24-25,31H,10,13,16-18H2,1-3H3,(H,29,32). The first kappa shape index (κ1) is 24.9. The van der Waals surface area contributed by atoms with Crippen molar-refractivity contribution in [2.24, 2.45) is 0 Å². The van der Waals surface area contributed by atoms with Crippen LogP contribution in [0.2, 0.25) is 0 Å². The minimum absolute atomic E-state index is 0.167. The molecule has 1 heterocycles. The third-order valence-electron chi connectivity index (χ3n) is 5.66. The van der Waals surface area contributed by atoms with E-state index in [2.05, 4.69) is 36.3 Å². The number of amides is 2. The highest BCUT2D eigenvalue weighted by atomic mass is 32.1. The molecule has 2 N–H and O–H groups in total. The van der Waals surface area contributed by atoms with E-state index in [4.69, 9.17) is 0 Å². The van der Waals surface area contributed by atoms with Crippen molar-refractivity contribution in [3.8, 4) is 0 Å². The van der Waals surface area contributed by atoms with Crippen LogP contribution < -0.4 is 5.32 Å². The number of nitrogens with zero attached hydrogens (tertiary/aromatic N) is 2. The maximum atomic E-state index is 13.0. The van der Waals surface area contributed by atoms with Gasteiger partial charge in [-0.05, 0) is 36.8 Å². The summed E-state index contributed by atoms with van der Waals surface area (Å²) in [5, 5.41) is 17.0. The van der Waals surface area contributed by atoms with E-state index in [-0.39, 0.29) is 12.1 Å². The lowest BCUT2D eigenvalue weighted by Gasteiger charge is -2.25. The van der Waals surface area contributed by atoms with Gasteiger partial charge in [-0.1, -0.05) is 74.5 Å². The van der Waals surface area contributed by atoms with Crippen LogP contribution in [0.15, 0.2) is 66.0 Å². The molecule has 0 aliphatic rings. The largest absolute Gasteiger partial charge is 0.393 e. The van der Waals surface area contributed by atoms with Gasteiger partial charge in [-0.3, -0.25) is 0 Å². The van der Waals surface area contributed by atoms with Crippen LogP contribution in [0.1, 0.15) is 66.9 Å². The van der Waals surface area contributed by atoms with E-state index in [0.717, 1.165) is 29.1 Å². The Balaban J connectivity index is 1.57. The average molecular weight is 466 g/mol. The lowest BCUT2D eigenvalue weighted by molar-refractivity contribution is 0.135. The minimum Gasteiger partial charge on any atom is -0.393 e. The van der Waals surface area contributed by atoms with E-state index in [1.807, 2.05) is 53.9 Å². The smallest absolute Gasteiger partial charge is 0.317 e. The van der Waals surface area contributed by atoms with Gasteiger partial charge in [-0.2, -0.15) is 0 Å². The topological polar surface area (TPSA) is 65.5 Å². The zero-order valence-corrected chi connectivity index (χ0v) is 20.6. The summed E-state index contributed by atoms with van der Waals surface area (Å²) in [6, 6.07) is 19.8. The van der Waals surface area contributed by atoms with Crippen molar-refractivity contribution in [3.05, 3.63) is 87.9 Å². The van der Waals surface area contributed by atoms with Gasteiger partial charge in [-0.25, -0.2) is 9.78 Å². The summed E-state index contributed by atoms with van der Waals surface area (Å²) in [5.74, 6) is 0.383. The zero-order valence-electron chi connectivity index (χ0n) is 19.8. The molecule has 0 bridgehead atoms. The summed E-state index contributed by atoms with van der Waals surface area (Å²) >= 11 is 1.63. The summed E-state index contributed by atoms with van der Waals surface area (Å²) in [6.45, 7) is 4.69. The molecule has 0 saturated heterocycles. The molecule has 2 unspecified atom stereocenters. The molecule has 2 amide bonds. The number of aryl methyl sites for hydroxylation is 1. The molecule has 3 aromatic rings. The fraction of sp³-hybridized carbons (Fsp3) is 0.407. The van der Waals surface area contributed by atoms with E-state index in [0.29, 0.717) is 25.3 Å². The first-order valence-corrected chi connectivity index (χ1v) is 12.5. The van der Waals surface area contributed by atoms with Gasteiger partial charge in [-0.15, -0.1) is 11.3 Å². The van der Waals surface area contributed by atoms with E-state index >= 15 is 0 Å². The van der Waals surface area contributed by atoms with Crippen molar-refractivity contribution >= 4 is 17.4 Å². The Labute approximate surface area is 201 Å². The van der Waals surface area contributed by atoms with Crippen LogP contribution in [0.5, 0.6) is 0 Å². The lowest BCUT2D eigenvalue weighted by atomic mass is 9.97. The van der Waals surface area contributed by atoms with Crippen LogP contribution in [-0.2, 0) is 13.0 Å². The van der Waals surface area contributed by atoms with Crippen molar-refractivity contribution in [1.82, 2.24) is 15.2 Å². The van der Waals surface area contributed by atoms with Gasteiger partial charge in [0.15, 0.2) is 0 Å². The number of nitrogens with one attached hydrogen (secondary N) is 1. The lowest BCUT2D eigenvalue weighted by Crippen LogP contribution is -2.40. The molecule has 0 aliphatic heterocycles. The number of benzene rings is 2. The summed E-state index contributed by atoms with van der Waals surface area (Å²) in [5.41, 5.74) is 3.18. The number of rotatable bonds is 11. The Morgan fingerprint density at radius 1 is 1.09 bits per heavy atom. The average Bonchev–Trinajstić information content (AvgIpc) is 3.29. The summed E-state index contributed by atoms with van der Waals surface area (Å²) < 4.78 is 0. The number of urea groups is 1. The first-order valence-electron chi connectivity index (χ1n) is 11.6. The fourth-order valence-corrected chi connectivity index (χ4v) is 4.60. The van der Waals surface area contributed by atoms with Crippen molar-refractivity contribution in [1.29, 1.82) is 0 Å². The number of carbonyl (C=O) groups is 1. The quantitative estimate of drug-likeness (QED) is 0.369. The molecule has 2 aromatic carbocycles. The molecule has 0 fully saturated rings. The molecule has 5 nitrogen and oxygen atoms in total. The Morgan fingerprint density at radius 3 is 2.39 bits per heavy atom. The van der Waals surface area contributed by atoms with Gasteiger partial charge in [0.1, 0.15) is 0 Å². The number of aliphatic hydroxyl groups excluding tert-OH is 1. The predicted octanol–water partition coefficient (Wildman–Crippen LogP) is 5.92. The van der Waals surface area contributed by atoms with Crippen molar-refractivity contribution in [2.75, 3.05) is 7.05 Å². The molecule has 176 valence electrons. The van der Waals surface area contributed by atoms with Crippen LogP contribution in [0.25, 0.3) is 0 Å². The molecule has 6 heteroatoms. The van der Waals surface area contributed by atoms with E-state index in [1.165, 1.54) is 5.56 Å². The maximum absolute atomic E-state index is 13.0. The summed E-state index contributed by atoms with van der Waals surface area (Å²) in [6.07, 6.45) is 2.53. The summed E-state index contributed by atoms with van der Waals surface area (Å²) in [4.78, 5) is 19.2. The molecule has 2 atom stereocenters. The molecular weight excluding hydrogens is 430 g/mol. The van der Waals surface area contributed by atoms with Gasteiger partial charge in [0.05, 0.1) is 29.4 Å². The Bertz CT molecular complexity index is 975. The van der Waals surface area contributed by atoms with Gasteiger partial charge in [0.25, 0.3) is 0 Å². The number of carbonyl (C=O) groups excluding carboxylic acids is 1. The first-order chi connectivity index (χ1) is 15.9. The third kappa shape index (κ3) is 7.98. The predicted molar refractivity (Wildman–Crippen MR) is 135 cm³/mol. The van der Waals surface area contributed by atoms with Gasteiger partial charge in [0.2, 0.25) is 0 Å². The third-order valence-corrected chi connectivity index (χ3v) is 6.86.